The number of carbonyl (C=O) groups is 1. The van der Waals surface area contributed by atoms with Crippen LogP contribution < -0.4 is 4.72 Å². The number of nitrogens with one attached hydrogen (secondary N) is 1. The van der Waals surface area contributed by atoms with Gasteiger partial charge in [-0.25, -0.2) is 0 Å². The Hall–Kier alpha value is -1.44. The normalized spacial score (nSPS) is 13.3. The fraction of sp³-hybridized carbons (Fsp3) is 0.462. The molecule has 1 atom stereocenters. The summed E-state index contributed by atoms with van der Waals surface area (Å²) in [5.41, 5.74) is 0.836. The van der Waals surface area contributed by atoms with E-state index < -0.39 is 22.2 Å². The van der Waals surface area contributed by atoms with E-state index in [9.17, 15) is 13.2 Å². The third-order valence-corrected chi connectivity index (χ3v) is 4.36. The first kappa shape index (κ1) is 16.6. The molecule has 1 rings (SSSR count). The van der Waals surface area contributed by atoms with Gasteiger partial charge in [0.05, 0.1) is 0 Å². The van der Waals surface area contributed by atoms with Crippen molar-refractivity contribution in [3.05, 3.63) is 35.9 Å². The van der Waals surface area contributed by atoms with Crippen LogP contribution in [-0.4, -0.2) is 36.9 Å². The molecule has 6 nitrogen and oxygen atoms in total. The summed E-state index contributed by atoms with van der Waals surface area (Å²) in [5.74, 6) is -1.16. The summed E-state index contributed by atoms with van der Waals surface area (Å²) < 4.78 is 27.5. The molecule has 0 aromatic heterocycles. The van der Waals surface area contributed by atoms with Crippen LogP contribution in [0.3, 0.4) is 0 Å². The average molecular weight is 300 g/mol. The molecule has 0 unspecified atom stereocenters. The van der Waals surface area contributed by atoms with Crippen LogP contribution in [0.5, 0.6) is 0 Å². The topological polar surface area (TPSA) is 86.7 Å². The van der Waals surface area contributed by atoms with Crippen molar-refractivity contribution in [3.8, 4) is 0 Å². The zero-order valence-electron chi connectivity index (χ0n) is 11.6. The minimum Gasteiger partial charge on any atom is -0.480 e. The van der Waals surface area contributed by atoms with E-state index in [1.54, 1.807) is 6.92 Å². The molecule has 0 saturated heterocycles. The maximum atomic E-state index is 12.1. The Labute approximate surface area is 119 Å². The molecule has 0 bridgehead atoms. The van der Waals surface area contributed by atoms with Gasteiger partial charge in [0.15, 0.2) is 0 Å². The van der Waals surface area contributed by atoms with Crippen molar-refractivity contribution in [2.24, 2.45) is 0 Å². The van der Waals surface area contributed by atoms with E-state index in [-0.39, 0.29) is 13.0 Å². The molecule has 0 aliphatic carbocycles. The second-order valence-electron chi connectivity index (χ2n) is 4.54. The maximum absolute atomic E-state index is 12.1. The number of aliphatic carboxylic acids is 1. The maximum Gasteiger partial charge on any atom is 0.321 e. The van der Waals surface area contributed by atoms with Gasteiger partial charge in [-0.2, -0.15) is 17.4 Å². The third kappa shape index (κ3) is 4.92. The van der Waals surface area contributed by atoms with E-state index in [1.165, 1.54) is 7.05 Å². The molecule has 7 heteroatoms. The highest BCUT2D eigenvalue weighted by Crippen LogP contribution is 2.07. The zero-order valence-corrected chi connectivity index (χ0v) is 12.4. The molecule has 1 aromatic rings. The van der Waals surface area contributed by atoms with Crippen LogP contribution in [0.15, 0.2) is 30.3 Å². The number of hydrogen-bond donors (Lipinski definition) is 2. The lowest BCUT2D eigenvalue weighted by Crippen LogP contribution is -2.46. The van der Waals surface area contributed by atoms with Crippen molar-refractivity contribution in [2.45, 2.75) is 32.4 Å². The van der Waals surface area contributed by atoms with Gasteiger partial charge < -0.3 is 5.11 Å². The lowest BCUT2D eigenvalue weighted by Gasteiger charge is -2.21. The number of carboxylic acids is 1. The molecule has 0 amide bonds. The SMILES string of the molecule is CCC[C@@H](NS(=O)(=O)N(C)Cc1ccccc1)C(=O)O. The van der Waals surface area contributed by atoms with Crippen molar-refractivity contribution in [2.75, 3.05) is 7.05 Å². The first-order chi connectivity index (χ1) is 9.36. The number of benzene rings is 1. The van der Waals surface area contributed by atoms with Gasteiger partial charge >= 0.3 is 5.97 Å². The summed E-state index contributed by atoms with van der Waals surface area (Å²) in [7, 11) is -2.41. The van der Waals surface area contributed by atoms with Gasteiger partial charge in [0.25, 0.3) is 10.2 Å². The van der Waals surface area contributed by atoms with Gasteiger partial charge in [0.1, 0.15) is 6.04 Å². The summed E-state index contributed by atoms with van der Waals surface area (Å²) in [5, 5.41) is 8.99. The molecule has 20 heavy (non-hydrogen) atoms. The molecule has 1 aromatic carbocycles. The van der Waals surface area contributed by atoms with Gasteiger partial charge in [-0.15, -0.1) is 0 Å². The molecule has 0 radical (unpaired) electrons. The van der Waals surface area contributed by atoms with Crippen LogP contribution in [0.4, 0.5) is 0 Å². The fourth-order valence-corrected chi connectivity index (χ4v) is 2.79. The average Bonchev–Trinajstić information content (AvgIpc) is 2.39. The molecular formula is C13H20N2O4S. The molecule has 0 fully saturated rings. The number of carboxylic acid groups (broad SMARTS) is 1. The molecule has 0 aliphatic rings. The van der Waals surface area contributed by atoms with Crippen LogP contribution in [0.2, 0.25) is 0 Å². The summed E-state index contributed by atoms with van der Waals surface area (Å²) in [4.78, 5) is 11.0. The van der Waals surface area contributed by atoms with Gasteiger partial charge in [-0.3, -0.25) is 4.79 Å². The Bertz CT molecular complexity index is 531. The smallest absolute Gasteiger partial charge is 0.321 e. The van der Waals surface area contributed by atoms with Gasteiger partial charge in [0, 0.05) is 13.6 Å². The minimum atomic E-state index is -3.82. The fourth-order valence-electron chi connectivity index (χ4n) is 1.72. The van der Waals surface area contributed by atoms with Gasteiger partial charge in [0.2, 0.25) is 0 Å². The highest BCUT2D eigenvalue weighted by Gasteiger charge is 2.26. The van der Waals surface area contributed by atoms with Crippen molar-refractivity contribution >= 4 is 16.2 Å². The van der Waals surface area contributed by atoms with E-state index in [2.05, 4.69) is 4.72 Å². The van der Waals surface area contributed by atoms with Crippen molar-refractivity contribution < 1.29 is 18.3 Å². The Morgan fingerprint density at radius 1 is 1.35 bits per heavy atom. The van der Waals surface area contributed by atoms with Crippen LogP contribution >= 0.6 is 0 Å². The van der Waals surface area contributed by atoms with E-state index in [4.69, 9.17) is 5.11 Å². The van der Waals surface area contributed by atoms with Crippen LogP contribution in [0, 0.1) is 0 Å². The molecule has 2 N–H and O–H groups in total. The quantitative estimate of drug-likeness (QED) is 0.755. The molecule has 112 valence electrons. The highest BCUT2D eigenvalue weighted by molar-refractivity contribution is 7.87. The van der Waals surface area contributed by atoms with E-state index in [1.807, 2.05) is 30.3 Å². The second kappa shape index (κ2) is 7.37. The van der Waals surface area contributed by atoms with Crippen LogP contribution in [-0.2, 0) is 21.5 Å². The van der Waals surface area contributed by atoms with E-state index >= 15 is 0 Å². The first-order valence-electron chi connectivity index (χ1n) is 6.37. The molecule has 0 saturated carbocycles. The van der Waals surface area contributed by atoms with Crippen molar-refractivity contribution in [3.63, 3.8) is 0 Å². The molecule has 0 aliphatic heterocycles. The standard InChI is InChI=1S/C13H20N2O4S/c1-3-7-12(13(16)17)14-20(18,19)15(2)10-11-8-5-4-6-9-11/h4-6,8-9,12,14H,3,7,10H2,1-2H3,(H,16,17)/t12-/m1/s1. The molecule has 0 heterocycles. The van der Waals surface area contributed by atoms with Gasteiger partial charge in [-0.05, 0) is 12.0 Å². The monoisotopic (exact) mass is 300 g/mol. The predicted octanol–water partition coefficient (Wildman–Crippen LogP) is 1.21. The summed E-state index contributed by atoms with van der Waals surface area (Å²) in [6.07, 6.45) is 0.843. The van der Waals surface area contributed by atoms with E-state index in [0.29, 0.717) is 6.42 Å². The second-order valence-corrected chi connectivity index (χ2v) is 6.35. The third-order valence-electron chi connectivity index (χ3n) is 2.83. The predicted molar refractivity (Wildman–Crippen MR) is 76.3 cm³/mol. The number of hydrogen-bond acceptors (Lipinski definition) is 3. The minimum absolute atomic E-state index is 0.189. The van der Waals surface area contributed by atoms with Gasteiger partial charge in [-0.1, -0.05) is 43.7 Å². The summed E-state index contributed by atoms with van der Waals surface area (Å²) in [6, 6.07) is 8.02. The Morgan fingerprint density at radius 2 is 1.95 bits per heavy atom. The van der Waals surface area contributed by atoms with Crippen molar-refractivity contribution in [1.82, 2.24) is 9.03 Å². The number of rotatable bonds is 8. The van der Waals surface area contributed by atoms with Crippen LogP contribution in [0.25, 0.3) is 0 Å². The van der Waals surface area contributed by atoms with Crippen molar-refractivity contribution in [1.29, 1.82) is 0 Å². The Balaban J connectivity index is 2.74. The molecular weight excluding hydrogens is 280 g/mol. The lowest BCUT2D eigenvalue weighted by atomic mass is 10.2. The zero-order chi connectivity index (χ0) is 15.2. The lowest BCUT2D eigenvalue weighted by molar-refractivity contribution is -0.139. The van der Waals surface area contributed by atoms with Crippen LogP contribution in [0.1, 0.15) is 25.3 Å². The number of nitrogens with zero attached hydrogens (tertiary/aromatic N) is 1. The Morgan fingerprint density at radius 3 is 2.45 bits per heavy atom. The largest absolute Gasteiger partial charge is 0.480 e. The Kier molecular flexibility index (Phi) is 6.12. The highest BCUT2D eigenvalue weighted by atomic mass is 32.2. The molecule has 0 spiro atoms. The van der Waals surface area contributed by atoms with E-state index in [0.717, 1.165) is 9.87 Å². The first-order valence-corrected chi connectivity index (χ1v) is 7.81. The summed E-state index contributed by atoms with van der Waals surface area (Å²) >= 11 is 0. The summed E-state index contributed by atoms with van der Waals surface area (Å²) in [6.45, 7) is 1.99.